The second-order valence-corrected chi connectivity index (χ2v) is 26.2. The van der Waals surface area contributed by atoms with Crippen molar-refractivity contribution in [3.8, 4) is 0 Å². The van der Waals surface area contributed by atoms with Crippen molar-refractivity contribution in [1.29, 1.82) is 0 Å². The molecule has 0 aromatic heterocycles. The van der Waals surface area contributed by atoms with Crippen LogP contribution >= 0.6 is 0 Å². The second-order valence-electron chi connectivity index (χ2n) is 26.2. The average Bonchev–Trinajstić information content (AvgIpc) is 4.14. The van der Waals surface area contributed by atoms with Gasteiger partial charge in [-0.2, -0.15) is 0 Å². The van der Waals surface area contributed by atoms with Gasteiger partial charge in [0.05, 0.1) is 19.8 Å². The van der Waals surface area contributed by atoms with E-state index in [-0.39, 0.29) is 0 Å². The molecular weight excluding hydrogens is 743 g/mol. The third-order valence-corrected chi connectivity index (χ3v) is 26.2. The lowest BCUT2D eigenvalue weighted by Gasteiger charge is -2.62. The number of rotatable bonds is 8. The summed E-state index contributed by atoms with van der Waals surface area (Å²) >= 11 is 0. The van der Waals surface area contributed by atoms with Crippen molar-refractivity contribution in [2.75, 3.05) is 33.5 Å². The van der Waals surface area contributed by atoms with Crippen LogP contribution < -0.4 is 0 Å². The van der Waals surface area contributed by atoms with Crippen molar-refractivity contribution < 1.29 is 9.47 Å². The molecule has 3 heteroatoms. The first-order valence-corrected chi connectivity index (χ1v) is 26.6. The van der Waals surface area contributed by atoms with Crippen molar-refractivity contribution in [1.82, 2.24) is 4.90 Å². The molecule has 2 aromatic carbocycles. The number of methoxy groups -OCH3 is 1. The summed E-state index contributed by atoms with van der Waals surface area (Å²) in [5.74, 6) is 27.0. The zero-order valence-electron chi connectivity index (χ0n) is 36.2. The summed E-state index contributed by atoms with van der Waals surface area (Å²) in [4.78, 5) is 3.15. The average molecular weight is 808 g/mol. The predicted molar refractivity (Wildman–Crippen MR) is 232 cm³/mol. The van der Waals surface area contributed by atoms with Gasteiger partial charge in [0.15, 0.2) is 0 Å². The van der Waals surface area contributed by atoms with Crippen LogP contribution in [0.3, 0.4) is 0 Å². The van der Waals surface area contributed by atoms with E-state index in [1.807, 2.05) is 7.11 Å². The minimum atomic E-state index is 0.302. The number of hydrogen-bond donors (Lipinski definition) is 0. The van der Waals surface area contributed by atoms with E-state index in [4.69, 9.17) is 9.47 Å². The van der Waals surface area contributed by atoms with Gasteiger partial charge >= 0.3 is 0 Å². The number of hydrogen-bond acceptors (Lipinski definition) is 3. The molecule has 0 amide bonds. The molecular formula is C58H65NO2. The minimum Gasteiger partial charge on any atom is -0.382 e. The Morgan fingerprint density at radius 3 is 1.89 bits per heavy atom. The van der Waals surface area contributed by atoms with Crippen LogP contribution in [-0.2, 0) is 9.47 Å². The lowest BCUT2D eigenvalue weighted by molar-refractivity contribution is -0.149. The number of benzene rings is 2. The lowest BCUT2D eigenvalue weighted by Crippen LogP contribution is -2.59. The fraction of sp³-hybridized carbons (Fsp3) is 0.724. The zero-order valence-corrected chi connectivity index (χ0v) is 36.2. The largest absolute Gasteiger partial charge is 0.382 e. The molecule has 1 heterocycles. The van der Waals surface area contributed by atoms with E-state index in [9.17, 15) is 0 Å². The van der Waals surface area contributed by atoms with Gasteiger partial charge < -0.3 is 9.47 Å². The normalized spacial score (nSPS) is 62.2. The van der Waals surface area contributed by atoms with E-state index in [2.05, 4.69) is 87.9 Å². The first-order chi connectivity index (χ1) is 30.3. The van der Waals surface area contributed by atoms with Gasteiger partial charge in [-0.05, 0) is 205 Å². The van der Waals surface area contributed by atoms with Gasteiger partial charge in [0.1, 0.15) is 0 Å². The molecule has 61 heavy (non-hydrogen) atoms. The molecule has 0 radical (unpaired) electrons. The van der Waals surface area contributed by atoms with Crippen LogP contribution in [0.1, 0.15) is 74.6 Å². The molecule has 1 saturated heterocycles. The molecule has 14 fully saturated rings. The summed E-state index contributed by atoms with van der Waals surface area (Å²) in [5, 5.41) is 0. The van der Waals surface area contributed by atoms with E-state index >= 15 is 0 Å². The van der Waals surface area contributed by atoms with Crippen LogP contribution in [0.4, 0.5) is 0 Å². The van der Waals surface area contributed by atoms with Gasteiger partial charge in [-0.1, -0.05) is 83.0 Å². The number of allylic oxidation sites excluding steroid dienone is 3. The number of ether oxygens (including phenoxy) is 2. The van der Waals surface area contributed by atoms with Crippen molar-refractivity contribution in [2.45, 2.75) is 63.5 Å². The van der Waals surface area contributed by atoms with Crippen molar-refractivity contribution in [3.63, 3.8) is 0 Å². The van der Waals surface area contributed by atoms with Crippen LogP contribution in [0.5, 0.6) is 0 Å². The predicted octanol–water partition coefficient (Wildman–Crippen LogP) is 10.4. The first-order valence-electron chi connectivity index (χ1n) is 26.6. The fourth-order valence-corrected chi connectivity index (χ4v) is 27.4. The smallest absolute Gasteiger partial charge is 0.0700 e. The lowest BCUT2D eigenvalue weighted by atomic mass is 9.41. The van der Waals surface area contributed by atoms with Crippen molar-refractivity contribution in [3.05, 3.63) is 94.1 Å². The molecule has 17 aliphatic rings. The Labute approximate surface area is 363 Å². The highest BCUT2D eigenvalue weighted by atomic mass is 16.5. The number of nitrogens with zero attached hydrogens (tertiary/aromatic N) is 1. The summed E-state index contributed by atoms with van der Waals surface area (Å²) in [6.07, 6.45) is 12.7. The van der Waals surface area contributed by atoms with Crippen LogP contribution in [0.15, 0.2) is 83.0 Å². The van der Waals surface area contributed by atoms with Gasteiger partial charge in [-0.15, -0.1) is 0 Å². The molecule has 29 atom stereocenters. The van der Waals surface area contributed by atoms with Gasteiger partial charge in [0.2, 0.25) is 0 Å². The quantitative estimate of drug-likeness (QED) is 0.196. The SMILES string of the molecule is COCCOCCN1C(c2ccccc2)C2C3=C4C5C6=C(C3)CC3CC7CC8CC9CC%10CC%11CC2(C2C4C4C5C5C(C63)C7C3C8C9C6C%10C(C4C6C35)C%112)C1c1ccccc1. The molecule has 13 saturated carbocycles. The molecule has 2 aromatic rings. The maximum absolute atomic E-state index is 6.55. The maximum atomic E-state index is 6.55. The molecule has 29 unspecified atom stereocenters. The van der Waals surface area contributed by atoms with Crippen LogP contribution in [0, 0.1) is 159 Å². The molecule has 3 nitrogen and oxygen atoms in total. The Hall–Kier alpha value is -2.20. The third-order valence-electron chi connectivity index (χ3n) is 26.2. The Bertz CT molecular complexity index is 2400. The number of fused-ring (bicyclic) bond motifs is 1. The third kappa shape index (κ3) is 3.24. The van der Waals surface area contributed by atoms with Crippen LogP contribution in [0.25, 0.3) is 0 Å². The zero-order chi connectivity index (χ0) is 38.7. The van der Waals surface area contributed by atoms with E-state index in [1.54, 1.807) is 43.2 Å². The Kier molecular flexibility index (Phi) is 5.77. The Balaban J connectivity index is 0.912. The standard InChI is InChI=1S/C58H65NO2/c1-60-14-15-61-13-12-59-56(24-8-4-2-5-9-24)54-33-22-31-20-28-18-29-17-26-16-27-19-30-21-32-23-58(54,57(59)25-10-6-3-7-11-25)55-40(32)45-39(30)44-35(27)34(26)42-38(29)43-36(28)37(31)46-41(33)53(55)52-50(45)48(44)47(42)49(43)51(46)52/h2-11,26-30,32,34-36,38-40,42-57H,12-23H2,1H3. The molecule has 1 aliphatic heterocycles. The Morgan fingerprint density at radius 1 is 0.557 bits per heavy atom. The summed E-state index contributed by atoms with van der Waals surface area (Å²) < 4.78 is 12.1. The van der Waals surface area contributed by atoms with Crippen molar-refractivity contribution in [2.24, 2.45) is 159 Å². The van der Waals surface area contributed by atoms with Crippen LogP contribution in [-0.4, -0.2) is 38.4 Å². The summed E-state index contributed by atoms with van der Waals surface area (Å²) in [7, 11) is 1.82. The van der Waals surface area contributed by atoms with E-state index < -0.39 is 0 Å². The summed E-state index contributed by atoms with van der Waals surface area (Å²) in [6, 6.07) is 25.5. The van der Waals surface area contributed by atoms with Gasteiger partial charge in [0.25, 0.3) is 0 Å². The van der Waals surface area contributed by atoms with E-state index in [1.165, 1.54) is 19.3 Å². The van der Waals surface area contributed by atoms with Crippen molar-refractivity contribution >= 4 is 0 Å². The van der Waals surface area contributed by atoms with Gasteiger partial charge in [0, 0.05) is 43.0 Å². The monoisotopic (exact) mass is 808 g/mol. The molecule has 16 aliphatic carbocycles. The molecule has 0 bridgehead atoms. The van der Waals surface area contributed by atoms with Crippen LogP contribution in [0.2, 0.25) is 0 Å². The van der Waals surface area contributed by atoms with Gasteiger partial charge in [-0.25, -0.2) is 0 Å². The first kappa shape index (κ1) is 33.3. The summed E-state index contributed by atoms with van der Waals surface area (Å²) in [5.41, 5.74) is 12.1. The highest BCUT2D eigenvalue weighted by Gasteiger charge is 2.89. The Morgan fingerprint density at radius 2 is 1.15 bits per heavy atom. The van der Waals surface area contributed by atoms with Gasteiger partial charge in [-0.3, -0.25) is 4.90 Å². The minimum absolute atomic E-state index is 0.302. The molecule has 0 N–H and O–H groups in total. The topological polar surface area (TPSA) is 21.7 Å². The highest BCUT2D eigenvalue weighted by molar-refractivity contribution is 5.57. The molecule has 314 valence electrons. The fourth-order valence-electron chi connectivity index (χ4n) is 27.4. The maximum Gasteiger partial charge on any atom is 0.0700 e. The van der Waals surface area contributed by atoms with E-state index in [0.29, 0.717) is 36.6 Å². The summed E-state index contributed by atoms with van der Waals surface area (Å²) in [6.45, 7) is 3.20. The molecule has 19 rings (SSSR count). The second kappa shape index (κ2) is 10.6. The molecule has 1 spiro atoms. The van der Waals surface area contributed by atoms with E-state index in [0.717, 1.165) is 161 Å². The number of likely N-dealkylation sites (tertiary alicyclic amines) is 1. The highest BCUT2D eigenvalue weighted by Crippen LogP contribution is 2.94.